The Bertz CT molecular complexity index is 528. The van der Waals surface area contributed by atoms with E-state index in [1.165, 1.54) is 16.8 Å². The molecule has 1 aromatic carbocycles. The highest BCUT2D eigenvalue weighted by Crippen LogP contribution is 2.17. The first kappa shape index (κ1) is 12.8. The molecule has 1 unspecified atom stereocenters. The summed E-state index contributed by atoms with van der Waals surface area (Å²) in [6.45, 7) is 7.11. The van der Waals surface area contributed by atoms with E-state index in [0.29, 0.717) is 0 Å². The number of aromatic nitrogens is 2. The van der Waals surface area contributed by atoms with Crippen molar-refractivity contribution in [1.82, 2.24) is 9.78 Å². The second-order valence-corrected chi connectivity index (χ2v) is 4.82. The van der Waals surface area contributed by atoms with E-state index in [-0.39, 0.29) is 6.04 Å². The van der Waals surface area contributed by atoms with Crippen LogP contribution in [0, 0.1) is 13.8 Å². The van der Waals surface area contributed by atoms with Gasteiger partial charge < -0.3 is 5.73 Å². The van der Waals surface area contributed by atoms with Gasteiger partial charge in [-0.2, -0.15) is 5.10 Å². The molecule has 2 aromatic rings. The van der Waals surface area contributed by atoms with E-state index < -0.39 is 0 Å². The zero-order valence-corrected chi connectivity index (χ0v) is 11.4. The van der Waals surface area contributed by atoms with Crippen LogP contribution < -0.4 is 5.73 Å². The summed E-state index contributed by atoms with van der Waals surface area (Å²) >= 11 is 0. The fraction of sp³-hybridized carbons (Fsp3) is 0.400. The van der Waals surface area contributed by atoms with E-state index in [4.69, 9.17) is 5.73 Å². The number of hydrogen-bond acceptors (Lipinski definition) is 2. The minimum atomic E-state index is 0.0336. The van der Waals surface area contributed by atoms with Gasteiger partial charge >= 0.3 is 0 Å². The van der Waals surface area contributed by atoms with Gasteiger partial charge in [-0.15, -0.1) is 0 Å². The lowest BCUT2D eigenvalue weighted by Gasteiger charge is -2.13. The van der Waals surface area contributed by atoms with Crippen LogP contribution in [0.4, 0.5) is 0 Å². The quantitative estimate of drug-likeness (QED) is 0.897. The monoisotopic (exact) mass is 243 g/mol. The van der Waals surface area contributed by atoms with Gasteiger partial charge in [-0.1, -0.05) is 29.8 Å². The van der Waals surface area contributed by atoms with Crippen LogP contribution in [-0.4, -0.2) is 9.78 Å². The standard InChI is InChI=1S/C15H21N3/c1-4-18-14(9-12(3)17-18)10-15(16)13-7-5-6-11(2)8-13/h5-9,15H,4,10,16H2,1-3H3. The first-order valence-electron chi connectivity index (χ1n) is 6.45. The van der Waals surface area contributed by atoms with E-state index >= 15 is 0 Å². The third-order valence-corrected chi connectivity index (χ3v) is 3.18. The van der Waals surface area contributed by atoms with Crippen molar-refractivity contribution in [3.05, 3.63) is 52.8 Å². The highest BCUT2D eigenvalue weighted by Gasteiger charge is 2.11. The van der Waals surface area contributed by atoms with Crippen molar-refractivity contribution in [3.8, 4) is 0 Å². The predicted molar refractivity (Wildman–Crippen MR) is 74.4 cm³/mol. The van der Waals surface area contributed by atoms with Crippen LogP contribution in [0.25, 0.3) is 0 Å². The summed E-state index contributed by atoms with van der Waals surface area (Å²) in [6, 6.07) is 10.6. The molecule has 0 aliphatic rings. The van der Waals surface area contributed by atoms with Crippen LogP contribution in [0.3, 0.4) is 0 Å². The predicted octanol–water partition coefficient (Wildman–Crippen LogP) is 2.76. The third kappa shape index (κ3) is 2.79. The van der Waals surface area contributed by atoms with Crippen molar-refractivity contribution in [1.29, 1.82) is 0 Å². The molecule has 96 valence electrons. The minimum Gasteiger partial charge on any atom is -0.324 e. The first-order chi connectivity index (χ1) is 8.60. The number of hydrogen-bond donors (Lipinski definition) is 1. The van der Waals surface area contributed by atoms with Gasteiger partial charge in [0.1, 0.15) is 0 Å². The third-order valence-electron chi connectivity index (χ3n) is 3.18. The Morgan fingerprint density at radius 1 is 1.28 bits per heavy atom. The molecule has 0 spiro atoms. The summed E-state index contributed by atoms with van der Waals surface area (Å²) in [4.78, 5) is 0. The fourth-order valence-electron chi connectivity index (χ4n) is 2.28. The molecule has 0 saturated heterocycles. The number of aryl methyl sites for hydroxylation is 3. The van der Waals surface area contributed by atoms with Crippen LogP contribution in [-0.2, 0) is 13.0 Å². The van der Waals surface area contributed by atoms with Crippen LogP contribution in [0.1, 0.15) is 35.5 Å². The van der Waals surface area contributed by atoms with E-state index in [1.54, 1.807) is 0 Å². The second-order valence-electron chi connectivity index (χ2n) is 4.82. The van der Waals surface area contributed by atoms with Crippen molar-refractivity contribution < 1.29 is 0 Å². The molecule has 3 nitrogen and oxygen atoms in total. The van der Waals surface area contributed by atoms with Crippen LogP contribution in [0.15, 0.2) is 30.3 Å². The average Bonchev–Trinajstić information content (AvgIpc) is 2.69. The van der Waals surface area contributed by atoms with Crippen LogP contribution in [0.2, 0.25) is 0 Å². The Morgan fingerprint density at radius 2 is 2.06 bits per heavy atom. The largest absolute Gasteiger partial charge is 0.324 e. The maximum absolute atomic E-state index is 6.29. The van der Waals surface area contributed by atoms with Crippen molar-refractivity contribution in [2.45, 2.75) is 39.8 Å². The smallest absolute Gasteiger partial charge is 0.0596 e. The van der Waals surface area contributed by atoms with Crippen molar-refractivity contribution in [2.75, 3.05) is 0 Å². The fourth-order valence-corrected chi connectivity index (χ4v) is 2.28. The zero-order valence-electron chi connectivity index (χ0n) is 11.4. The Hall–Kier alpha value is -1.61. The molecule has 3 heteroatoms. The highest BCUT2D eigenvalue weighted by molar-refractivity contribution is 5.26. The average molecular weight is 243 g/mol. The van der Waals surface area contributed by atoms with Crippen LogP contribution in [0.5, 0.6) is 0 Å². The van der Waals surface area contributed by atoms with Gasteiger partial charge in [0, 0.05) is 24.7 Å². The Balaban J connectivity index is 2.18. The van der Waals surface area contributed by atoms with Gasteiger partial charge in [0.25, 0.3) is 0 Å². The molecule has 0 aliphatic carbocycles. The van der Waals surface area contributed by atoms with Gasteiger partial charge in [0.05, 0.1) is 5.69 Å². The molecule has 0 bridgehead atoms. The molecule has 1 atom stereocenters. The maximum atomic E-state index is 6.29. The van der Waals surface area contributed by atoms with Gasteiger partial charge in [-0.05, 0) is 32.4 Å². The summed E-state index contributed by atoms with van der Waals surface area (Å²) in [6.07, 6.45) is 0.831. The molecule has 18 heavy (non-hydrogen) atoms. The molecule has 1 heterocycles. The first-order valence-corrected chi connectivity index (χ1v) is 6.45. The number of nitrogens with two attached hydrogens (primary N) is 1. The van der Waals surface area contributed by atoms with Gasteiger partial charge in [0.2, 0.25) is 0 Å². The van der Waals surface area contributed by atoms with Crippen molar-refractivity contribution >= 4 is 0 Å². The Morgan fingerprint density at radius 3 is 2.72 bits per heavy atom. The SMILES string of the molecule is CCn1nc(C)cc1CC(N)c1cccc(C)c1. The number of rotatable bonds is 4. The lowest BCUT2D eigenvalue weighted by molar-refractivity contribution is 0.587. The minimum absolute atomic E-state index is 0.0336. The van der Waals surface area contributed by atoms with Crippen LogP contribution >= 0.6 is 0 Å². The Kier molecular flexibility index (Phi) is 3.82. The van der Waals surface area contributed by atoms with E-state index in [1.807, 2.05) is 11.6 Å². The molecule has 0 radical (unpaired) electrons. The summed E-state index contributed by atoms with van der Waals surface area (Å²) < 4.78 is 2.03. The molecule has 0 amide bonds. The molecule has 2 N–H and O–H groups in total. The summed E-state index contributed by atoms with van der Waals surface area (Å²) in [7, 11) is 0. The normalized spacial score (nSPS) is 12.7. The number of benzene rings is 1. The topological polar surface area (TPSA) is 43.8 Å². The number of nitrogens with zero attached hydrogens (tertiary/aromatic N) is 2. The Labute approximate surface area is 109 Å². The van der Waals surface area contributed by atoms with Gasteiger partial charge in [0.15, 0.2) is 0 Å². The molecule has 0 aliphatic heterocycles. The second kappa shape index (κ2) is 5.36. The molecular formula is C15H21N3. The summed E-state index contributed by atoms with van der Waals surface area (Å²) in [5.74, 6) is 0. The van der Waals surface area contributed by atoms with E-state index in [0.717, 1.165) is 18.7 Å². The van der Waals surface area contributed by atoms with E-state index in [2.05, 4.69) is 49.3 Å². The molecule has 0 saturated carbocycles. The molecule has 2 rings (SSSR count). The zero-order chi connectivity index (χ0) is 13.1. The highest BCUT2D eigenvalue weighted by atomic mass is 15.3. The van der Waals surface area contributed by atoms with Crippen molar-refractivity contribution in [3.63, 3.8) is 0 Å². The molecule has 0 fully saturated rings. The molecular weight excluding hydrogens is 222 g/mol. The summed E-state index contributed by atoms with van der Waals surface area (Å²) in [5.41, 5.74) is 11.0. The molecule has 1 aromatic heterocycles. The van der Waals surface area contributed by atoms with E-state index in [9.17, 15) is 0 Å². The summed E-state index contributed by atoms with van der Waals surface area (Å²) in [5, 5.41) is 4.45. The maximum Gasteiger partial charge on any atom is 0.0596 e. The van der Waals surface area contributed by atoms with Gasteiger partial charge in [-0.3, -0.25) is 4.68 Å². The lowest BCUT2D eigenvalue weighted by atomic mass is 10.0. The van der Waals surface area contributed by atoms with Crippen molar-refractivity contribution in [2.24, 2.45) is 5.73 Å². The lowest BCUT2D eigenvalue weighted by Crippen LogP contribution is -2.16. The van der Waals surface area contributed by atoms with Gasteiger partial charge in [-0.25, -0.2) is 0 Å².